The van der Waals surface area contributed by atoms with Crippen molar-refractivity contribution in [3.05, 3.63) is 77.4 Å². The summed E-state index contributed by atoms with van der Waals surface area (Å²) in [7, 11) is 0. The first-order chi connectivity index (χ1) is 10.1. The van der Waals surface area contributed by atoms with Crippen LogP contribution in [0.15, 0.2) is 66.2 Å². The second-order valence-corrected chi connectivity index (χ2v) is 4.50. The molecule has 0 aromatic heterocycles. The van der Waals surface area contributed by atoms with Gasteiger partial charge >= 0.3 is 11.9 Å². The van der Waals surface area contributed by atoms with Crippen LogP contribution in [0.1, 0.15) is 17.0 Å². The Morgan fingerprint density at radius 3 is 1.86 bits per heavy atom. The fraction of sp³-hybridized carbons (Fsp3) is 0.0588. The van der Waals surface area contributed by atoms with Gasteiger partial charge in [0.1, 0.15) is 5.92 Å². The summed E-state index contributed by atoms with van der Waals surface area (Å²) in [6.45, 7) is 0. The maximum absolute atomic E-state index is 11.5. The Kier molecular flexibility index (Phi) is 4.51. The number of carboxylic acid groups (broad SMARTS) is 2. The zero-order valence-electron chi connectivity index (χ0n) is 11.1. The van der Waals surface area contributed by atoms with Crippen LogP contribution in [0.25, 0.3) is 6.08 Å². The van der Waals surface area contributed by atoms with E-state index in [-0.39, 0.29) is 5.57 Å². The molecule has 21 heavy (non-hydrogen) atoms. The van der Waals surface area contributed by atoms with Gasteiger partial charge < -0.3 is 10.2 Å². The quantitative estimate of drug-likeness (QED) is 0.827. The zero-order chi connectivity index (χ0) is 15.2. The van der Waals surface area contributed by atoms with Crippen LogP contribution in [0.4, 0.5) is 0 Å². The van der Waals surface area contributed by atoms with Gasteiger partial charge in [0.15, 0.2) is 0 Å². The van der Waals surface area contributed by atoms with Gasteiger partial charge in [0.25, 0.3) is 0 Å². The molecule has 1 unspecified atom stereocenters. The topological polar surface area (TPSA) is 74.6 Å². The molecule has 2 aromatic rings. The molecule has 0 saturated carbocycles. The van der Waals surface area contributed by atoms with Crippen molar-refractivity contribution in [2.45, 2.75) is 5.92 Å². The van der Waals surface area contributed by atoms with Crippen LogP contribution in [-0.2, 0) is 9.59 Å². The van der Waals surface area contributed by atoms with Gasteiger partial charge in [-0.3, -0.25) is 4.79 Å². The smallest absolute Gasteiger partial charge is 0.332 e. The third kappa shape index (κ3) is 3.57. The average molecular weight is 282 g/mol. The van der Waals surface area contributed by atoms with Crippen molar-refractivity contribution >= 4 is 18.0 Å². The van der Waals surface area contributed by atoms with Crippen molar-refractivity contribution in [2.24, 2.45) is 0 Å². The molecule has 0 aliphatic heterocycles. The zero-order valence-corrected chi connectivity index (χ0v) is 11.1. The lowest BCUT2D eigenvalue weighted by atomic mass is 9.90. The molecular formula is C17H14O4. The third-order valence-electron chi connectivity index (χ3n) is 3.06. The molecule has 0 spiro atoms. The summed E-state index contributed by atoms with van der Waals surface area (Å²) in [6, 6.07) is 17.2. The monoisotopic (exact) mass is 282 g/mol. The second-order valence-electron chi connectivity index (χ2n) is 4.50. The van der Waals surface area contributed by atoms with Crippen LogP contribution in [0.5, 0.6) is 0 Å². The van der Waals surface area contributed by atoms with Crippen LogP contribution < -0.4 is 0 Å². The Labute approximate surface area is 122 Å². The maximum atomic E-state index is 11.5. The van der Waals surface area contributed by atoms with Crippen molar-refractivity contribution in [2.75, 3.05) is 0 Å². The van der Waals surface area contributed by atoms with Gasteiger partial charge in [-0.05, 0) is 17.2 Å². The first-order valence-electron chi connectivity index (χ1n) is 6.37. The number of carboxylic acids is 2. The van der Waals surface area contributed by atoms with Crippen molar-refractivity contribution in [1.82, 2.24) is 0 Å². The van der Waals surface area contributed by atoms with E-state index in [9.17, 15) is 19.8 Å². The van der Waals surface area contributed by atoms with Crippen LogP contribution >= 0.6 is 0 Å². The normalized spacial score (nSPS) is 12.7. The Bertz CT molecular complexity index is 660. The van der Waals surface area contributed by atoms with Crippen molar-refractivity contribution in [1.29, 1.82) is 0 Å². The van der Waals surface area contributed by atoms with E-state index < -0.39 is 17.9 Å². The van der Waals surface area contributed by atoms with Crippen LogP contribution in [0.3, 0.4) is 0 Å². The maximum Gasteiger partial charge on any atom is 0.332 e. The molecule has 0 amide bonds. The van der Waals surface area contributed by atoms with E-state index >= 15 is 0 Å². The summed E-state index contributed by atoms with van der Waals surface area (Å²) in [5, 5.41) is 18.8. The molecule has 2 rings (SSSR count). The van der Waals surface area contributed by atoms with Gasteiger partial charge in [0.05, 0.1) is 5.57 Å². The predicted octanol–water partition coefficient (Wildman–Crippen LogP) is 3.02. The fourth-order valence-corrected chi connectivity index (χ4v) is 2.10. The van der Waals surface area contributed by atoms with Crippen LogP contribution in [0, 0.1) is 0 Å². The summed E-state index contributed by atoms with van der Waals surface area (Å²) in [5.41, 5.74) is 0.923. The highest BCUT2D eigenvalue weighted by Crippen LogP contribution is 2.26. The third-order valence-corrected chi connectivity index (χ3v) is 3.06. The number of hydrogen-bond donors (Lipinski definition) is 2. The SMILES string of the molecule is O=C(O)C(=Cc1ccccc1)C(C(=O)O)c1ccccc1. The number of aliphatic carboxylic acids is 2. The van der Waals surface area contributed by atoms with Gasteiger partial charge in [-0.1, -0.05) is 60.7 Å². The number of hydrogen-bond acceptors (Lipinski definition) is 2. The molecule has 0 radical (unpaired) electrons. The molecule has 4 heteroatoms. The van der Waals surface area contributed by atoms with E-state index in [0.717, 1.165) is 0 Å². The molecule has 106 valence electrons. The Morgan fingerprint density at radius 2 is 1.38 bits per heavy atom. The fourth-order valence-electron chi connectivity index (χ4n) is 2.10. The Morgan fingerprint density at radius 1 is 0.857 bits per heavy atom. The summed E-state index contributed by atoms with van der Waals surface area (Å²) in [6.07, 6.45) is 1.40. The van der Waals surface area contributed by atoms with Crippen LogP contribution in [0.2, 0.25) is 0 Å². The molecule has 0 aliphatic rings. The first-order valence-corrected chi connectivity index (χ1v) is 6.37. The minimum atomic E-state index is -1.24. The molecule has 2 aromatic carbocycles. The number of rotatable bonds is 5. The van der Waals surface area contributed by atoms with E-state index in [2.05, 4.69) is 0 Å². The molecule has 1 atom stereocenters. The minimum absolute atomic E-state index is 0.167. The van der Waals surface area contributed by atoms with E-state index in [1.54, 1.807) is 54.6 Å². The summed E-state index contributed by atoms with van der Waals surface area (Å²) >= 11 is 0. The highest BCUT2D eigenvalue weighted by Gasteiger charge is 2.28. The van der Waals surface area contributed by atoms with Gasteiger partial charge in [0.2, 0.25) is 0 Å². The van der Waals surface area contributed by atoms with E-state index in [1.165, 1.54) is 6.08 Å². The second kappa shape index (κ2) is 6.52. The van der Waals surface area contributed by atoms with Gasteiger partial charge in [-0.2, -0.15) is 0 Å². The number of benzene rings is 2. The van der Waals surface area contributed by atoms with E-state index in [4.69, 9.17) is 0 Å². The molecule has 0 saturated heterocycles. The molecular weight excluding hydrogens is 268 g/mol. The van der Waals surface area contributed by atoms with Crippen molar-refractivity contribution in [3.8, 4) is 0 Å². The number of carbonyl (C=O) groups is 2. The summed E-state index contributed by atoms with van der Waals surface area (Å²) < 4.78 is 0. The largest absolute Gasteiger partial charge is 0.481 e. The predicted molar refractivity (Wildman–Crippen MR) is 78.9 cm³/mol. The van der Waals surface area contributed by atoms with E-state index in [0.29, 0.717) is 11.1 Å². The highest BCUT2D eigenvalue weighted by atomic mass is 16.4. The van der Waals surface area contributed by atoms with Gasteiger partial charge in [-0.15, -0.1) is 0 Å². The van der Waals surface area contributed by atoms with Crippen LogP contribution in [-0.4, -0.2) is 22.2 Å². The lowest BCUT2D eigenvalue weighted by Gasteiger charge is -2.14. The lowest BCUT2D eigenvalue weighted by Crippen LogP contribution is -2.19. The van der Waals surface area contributed by atoms with Gasteiger partial charge in [-0.25, -0.2) is 4.79 Å². The molecule has 0 aliphatic carbocycles. The summed E-state index contributed by atoms with van der Waals surface area (Å²) in [5.74, 6) is -3.63. The Hall–Kier alpha value is -2.88. The lowest BCUT2D eigenvalue weighted by molar-refractivity contribution is -0.141. The van der Waals surface area contributed by atoms with Gasteiger partial charge in [0, 0.05) is 0 Å². The first kappa shape index (κ1) is 14.5. The molecule has 4 nitrogen and oxygen atoms in total. The molecule has 2 N–H and O–H groups in total. The molecule has 0 heterocycles. The summed E-state index contributed by atoms with van der Waals surface area (Å²) in [4.78, 5) is 23.0. The minimum Gasteiger partial charge on any atom is -0.481 e. The highest BCUT2D eigenvalue weighted by molar-refractivity contribution is 6.01. The van der Waals surface area contributed by atoms with Crippen molar-refractivity contribution < 1.29 is 19.8 Å². The molecule has 0 fully saturated rings. The van der Waals surface area contributed by atoms with E-state index in [1.807, 2.05) is 6.07 Å². The standard InChI is InChI=1S/C17H14O4/c18-16(19)14(11-12-7-3-1-4-8-12)15(17(20)21)13-9-5-2-6-10-13/h1-11,15H,(H,18,19)(H,20,21). The Balaban J connectivity index is 2.51. The van der Waals surface area contributed by atoms with Crippen molar-refractivity contribution in [3.63, 3.8) is 0 Å². The average Bonchev–Trinajstić information content (AvgIpc) is 2.48. The molecule has 0 bridgehead atoms.